The van der Waals surface area contributed by atoms with Crippen LogP contribution in [0.1, 0.15) is 11.6 Å². The van der Waals surface area contributed by atoms with Gasteiger partial charge >= 0.3 is 6.03 Å². The lowest BCUT2D eigenvalue weighted by Crippen LogP contribution is -2.44. The highest BCUT2D eigenvalue weighted by molar-refractivity contribution is 6.30. The van der Waals surface area contributed by atoms with Crippen molar-refractivity contribution in [2.75, 3.05) is 38.2 Å². The molecule has 1 heterocycles. The van der Waals surface area contributed by atoms with E-state index in [0.29, 0.717) is 30.5 Å². The molecule has 0 aliphatic carbocycles. The number of nitrogens with one attached hydrogen (secondary N) is 2. The molecule has 1 aliphatic heterocycles. The minimum absolute atomic E-state index is 0.0513. The summed E-state index contributed by atoms with van der Waals surface area (Å²) in [4.78, 5) is 14.5. The number of rotatable bonds is 5. The summed E-state index contributed by atoms with van der Waals surface area (Å²) in [5.74, 6) is -0.277. The Labute approximate surface area is 157 Å². The van der Waals surface area contributed by atoms with E-state index in [1.54, 1.807) is 36.4 Å². The number of urea groups is 1. The summed E-state index contributed by atoms with van der Waals surface area (Å²) in [6, 6.07) is 13.0. The first-order chi connectivity index (χ1) is 12.6. The molecule has 7 heteroatoms. The van der Waals surface area contributed by atoms with Crippen molar-refractivity contribution in [1.82, 2.24) is 10.2 Å². The summed E-state index contributed by atoms with van der Waals surface area (Å²) in [6.07, 6.45) is 0. The third-order valence-corrected chi connectivity index (χ3v) is 4.51. The Hall–Kier alpha value is -2.15. The van der Waals surface area contributed by atoms with Gasteiger partial charge in [-0.15, -0.1) is 0 Å². The number of carbonyl (C=O) groups excluding carboxylic acids is 1. The number of nitrogens with zero attached hydrogens (tertiary/aromatic N) is 1. The monoisotopic (exact) mass is 377 g/mol. The lowest BCUT2D eigenvalue weighted by Gasteiger charge is -2.35. The lowest BCUT2D eigenvalue weighted by atomic mass is 10.0. The topological polar surface area (TPSA) is 53.6 Å². The summed E-state index contributed by atoms with van der Waals surface area (Å²) in [6.45, 7) is 3.22. The number of benzene rings is 2. The molecule has 2 amide bonds. The molecule has 0 saturated carbocycles. The molecule has 3 rings (SSSR count). The van der Waals surface area contributed by atoms with Crippen molar-refractivity contribution in [3.8, 4) is 0 Å². The van der Waals surface area contributed by atoms with Gasteiger partial charge in [-0.25, -0.2) is 9.18 Å². The summed E-state index contributed by atoms with van der Waals surface area (Å²) < 4.78 is 18.7. The highest BCUT2D eigenvalue weighted by atomic mass is 35.5. The van der Waals surface area contributed by atoms with Crippen molar-refractivity contribution in [2.45, 2.75) is 6.04 Å². The molecule has 5 nitrogen and oxygen atoms in total. The van der Waals surface area contributed by atoms with Crippen LogP contribution in [0.15, 0.2) is 48.5 Å². The first kappa shape index (κ1) is 18.6. The van der Waals surface area contributed by atoms with Crippen molar-refractivity contribution >= 4 is 23.3 Å². The van der Waals surface area contributed by atoms with Crippen LogP contribution >= 0.6 is 11.6 Å². The molecule has 0 spiro atoms. The summed E-state index contributed by atoms with van der Waals surface area (Å²) in [7, 11) is 0. The Morgan fingerprint density at radius 2 is 1.92 bits per heavy atom. The van der Waals surface area contributed by atoms with E-state index in [2.05, 4.69) is 15.5 Å². The van der Waals surface area contributed by atoms with Gasteiger partial charge in [-0.05, 0) is 35.9 Å². The van der Waals surface area contributed by atoms with Gasteiger partial charge in [0.2, 0.25) is 0 Å². The standard InChI is InChI=1S/C19H21ClFN3O2/c20-15-2-1-3-17(12-15)23-19(25)22-13-18(24-8-10-26-11-9-24)14-4-6-16(21)7-5-14/h1-7,12,18H,8-11,13H2,(H2,22,23,25)/t18-/m1/s1. The van der Waals surface area contributed by atoms with Crippen LogP contribution in [0, 0.1) is 5.82 Å². The maximum Gasteiger partial charge on any atom is 0.319 e. The summed E-state index contributed by atoms with van der Waals surface area (Å²) >= 11 is 5.93. The van der Waals surface area contributed by atoms with Gasteiger partial charge in [0.1, 0.15) is 5.82 Å². The highest BCUT2D eigenvalue weighted by Crippen LogP contribution is 2.22. The van der Waals surface area contributed by atoms with E-state index in [4.69, 9.17) is 16.3 Å². The van der Waals surface area contributed by atoms with Gasteiger partial charge in [0.25, 0.3) is 0 Å². The van der Waals surface area contributed by atoms with E-state index in [1.165, 1.54) is 12.1 Å². The molecule has 2 aromatic rings. The fraction of sp³-hybridized carbons (Fsp3) is 0.316. The second kappa shape index (κ2) is 8.98. The normalized spacial score (nSPS) is 16.1. The van der Waals surface area contributed by atoms with Crippen molar-refractivity contribution in [3.63, 3.8) is 0 Å². The van der Waals surface area contributed by atoms with Crippen LogP contribution in [0.5, 0.6) is 0 Å². The number of hydrogen-bond acceptors (Lipinski definition) is 3. The average Bonchev–Trinajstić information content (AvgIpc) is 2.64. The molecule has 1 atom stereocenters. The van der Waals surface area contributed by atoms with Gasteiger partial charge in [-0.3, -0.25) is 4.90 Å². The van der Waals surface area contributed by atoms with Gasteiger partial charge in [-0.2, -0.15) is 0 Å². The van der Waals surface area contributed by atoms with Crippen LogP contribution in [0.3, 0.4) is 0 Å². The Morgan fingerprint density at radius 3 is 2.62 bits per heavy atom. The third-order valence-electron chi connectivity index (χ3n) is 4.28. The van der Waals surface area contributed by atoms with Crippen LogP contribution < -0.4 is 10.6 Å². The Bertz CT molecular complexity index is 736. The van der Waals surface area contributed by atoms with Crippen LogP contribution in [-0.4, -0.2) is 43.8 Å². The van der Waals surface area contributed by atoms with Crippen LogP contribution in [0.4, 0.5) is 14.9 Å². The largest absolute Gasteiger partial charge is 0.379 e. The smallest absolute Gasteiger partial charge is 0.319 e. The predicted octanol–water partition coefficient (Wildman–Crippen LogP) is 3.67. The lowest BCUT2D eigenvalue weighted by molar-refractivity contribution is 0.0167. The van der Waals surface area contributed by atoms with E-state index < -0.39 is 0 Å². The molecular weight excluding hydrogens is 357 g/mol. The van der Waals surface area contributed by atoms with E-state index in [1.807, 2.05) is 0 Å². The van der Waals surface area contributed by atoms with Crippen LogP contribution in [-0.2, 0) is 4.74 Å². The molecule has 138 valence electrons. The summed E-state index contributed by atoms with van der Waals surface area (Å²) in [5.41, 5.74) is 1.58. The molecule has 1 fully saturated rings. The van der Waals surface area contributed by atoms with Crippen LogP contribution in [0.2, 0.25) is 5.02 Å². The van der Waals surface area contributed by atoms with E-state index in [9.17, 15) is 9.18 Å². The molecule has 0 unspecified atom stereocenters. The Kier molecular flexibility index (Phi) is 6.44. The fourth-order valence-corrected chi connectivity index (χ4v) is 3.15. The van der Waals surface area contributed by atoms with Crippen molar-refractivity contribution in [3.05, 3.63) is 64.9 Å². The van der Waals surface area contributed by atoms with Gasteiger partial charge < -0.3 is 15.4 Å². The van der Waals surface area contributed by atoms with Gasteiger partial charge in [0.15, 0.2) is 0 Å². The predicted molar refractivity (Wildman–Crippen MR) is 100 cm³/mol. The van der Waals surface area contributed by atoms with Crippen LogP contribution in [0.25, 0.3) is 0 Å². The van der Waals surface area contributed by atoms with Crippen molar-refractivity contribution in [2.24, 2.45) is 0 Å². The minimum Gasteiger partial charge on any atom is -0.379 e. The first-order valence-corrected chi connectivity index (χ1v) is 8.87. The maximum absolute atomic E-state index is 13.3. The Balaban J connectivity index is 1.65. The van der Waals surface area contributed by atoms with Gasteiger partial charge in [0.05, 0.1) is 19.3 Å². The second-order valence-corrected chi connectivity index (χ2v) is 6.50. The van der Waals surface area contributed by atoms with Gasteiger partial charge in [0, 0.05) is 30.3 Å². The zero-order valence-electron chi connectivity index (χ0n) is 14.3. The molecule has 0 radical (unpaired) electrons. The number of amides is 2. The SMILES string of the molecule is O=C(NC[C@H](c1ccc(F)cc1)N1CCOCC1)Nc1cccc(Cl)c1. The third kappa shape index (κ3) is 5.17. The van der Waals surface area contributed by atoms with Gasteiger partial charge in [-0.1, -0.05) is 29.8 Å². The van der Waals surface area contributed by atoms with E-state index in [-0.39, 0.29) is 17.9 Å². The number of halogens is 2. The number of carbonyl (C=O) groups is 1. The first-order valence-electron chi connectivity index (χ1n) is 8.49. The molecule has 2 aromatic carbocycles. The molecule has 2 N–H and O–H groups in total. The number of morpholine rings is 1. The summed E-state index contributed by atoms with van der Waals surface area (Å²) in [5, 5.41) is 6.21. The highest BCUT2D eigenvalue weighted by Gasteiger charge is 2.23. The zero-order chi connectivity index (χ0) is 18.4. The van der Waals surface area contributed by atoms with E-state index >= 15 is 0 Å². The average molecular weight is 378 g/mol. The second-order valence-electron chi connectivity index (χ2n) is 6.06. The quantitative estimate of drug-likeness (QED) is 0.835. The van der Waals surface area contributed by atoms with Crippen molar-refractivity contribution < 1.29 is 13.9 Å². The fourth-order valence-electron chi connectivity index (χ4n) is 2.96. The molecule has 0 bridgehead atoms. The van der Waals surface area contributed by atoms with Crippen molar-refractivity contribution in [1.29, 1.82) is 0 Å². The molecule has 0 aromatic heterocycles. The number of ether oxygens (including phenoxy) is 1. The number of hydrogen-bond donors (Lipinski definition) is 2. The Morgan fingerprint density at radius 1 is 1.19 bits per heavy atom. The molecular formula is C19H21ClFN3O2. The minimum atomic E-state index is -0.312. The van der Waals surface area contributed by atoms with E-state index in [0.717, 1.165) is 18.7 Å². The molecule has 26 heavy (non-hydrogen) atoms. The maximum atomic E-state index is 13.3. The molecule has 1 saturated heterocycles. The number of anilines is 1. The zero-order valence-corrected chi connectivity index (χ0v) is 15.0. The molecule has 1 aliphatic rings.